The van der Waals surface area contributed by atoms with E-state index >= 15 is 0 Å². The van der Waals surface area contributed by atoms with Crippen LogP contribution in [-0.4, -0.2) is 9.55 Å². The molecule has 0 aromatic carbocycles. The first-order valence-corrected chi connectivity index (χ1v) is 10.9. The molecule has 1 aromatic rings. The second kappa shape index (κ2) is 7.62. The molecule has 3 aliphatic rings. The molecule has 0 amide bonds. The highest BCUT2D eigenvalue weighted by Crippen LogP contribution is 2.55. The van der Waals surface area contributed by atoms with Gasteiger partial charge in [0.05, 0.1) is 11.9 Å². The van der Waals surface area contributed by atoms with Gasteiger partial charge in [0.1, 0.15) is 0 Å². The maximum Gasteiger partial charge on any atom is 0.0951 e. The summed E-state index contributed by atoms with van der Waals surface area (Å²) in [5, 5.41) is 0. The lowest BCUT2D eigenvalue weighted by Crippen LogP contribution is -2.54. The topological polar surface area (TPSA) is 17.8 Å². The van der Waals surface area contributed by atoms with E-state index in [0.29, 0.717) is 5.54 Å². The van der Waals surface area contributed by atoms with E-state index in [0.717, 1.165) is 17.8 Å². The third kappa shape index (κ3) is 2.95. The van der Waals surface area contributed by atoms with Gasteiger partial charge < -0.3 is 4.57 Å². The van der Waals surface area contributed by atoms with Crippen molar-refractivity contribution in [2.24, 2.45) is 17.8 Å². The molecule has 1 heterocycles. The van der Waals surface area contributed by atoms with Crippen molar-refractivity contribution in [3.63, 3.8) is 0 Å². The summed E-state index contributed by atoms with van der Waals surface area (Å²) in [5.41, 5.74) is 0.387. The maximum atomic E-state index is 4.54. The first-order chi connectivity index (χ1) is 11.9. The molecule has 24 heavy (non-hydrogen) atoms. The van der Waals surface area contributed by atoms with Gasteiger partial charge in [-0.2, -0.15) is 0 Å². The summed E-state index contributed by atoms with van der Waals surface area (Å²) in [6, 6.07) is 0. The van der Waals surface area contributed by atoms with E-state index in [2.05, 4.69) is 22.1 Å². The predicted molar refractivity (Wildman–Crippen MR) is 99.9 cm³/mol. The average Bonchev–Trinajstić information content (AvgIpc) is 3.20. The SMILES string of the molecule is c1cn(C(C2CCCCC2)(C2CCCCC2)C2CCCCC2)cn1. The Kier molecular flexibility index (Phi) is 5.29. The summed E-state index contributed by atoms with van der Waals surface area (Å²) in [6.07, 6.45) is 28.5. The van der Waals surface area contributed by atoms with Crippen molar-refractivity contribution in [2.75, 3.05) is 0 Å². The first kappa shape index (κ1) is 16.7. The van der Waals surface area contributed by atoms with E-state index in [-0.39, 0.29) is 0 Å². The van der Waals surface area contributed by atoms with Crippen LogP contribution in [0.15, 0.2) is 18.7 Å². The molecule has 0 spiro atoms. The highest BCUT2D eigenvalue weighted by atomic mass is 15.1. The third-order valence-corrected chi connectivity index (χ3v) is 7.73. The van der Waals surface area contributed by atoms with Crippen molar-refractivity contribution in [3.8, 4) is 0 Å². The molecule has 0 radical (unpaired) electrons. The second-order valence-corrected chi connectivity index (χ2v) is 8.86. The fourth-order valence-corrected chi connectivity index (χ4v) is 6.82. The zero-order chi connectivity index (χ0) is 16.2. The fraction of sp³-hybridized carbons (Fsp3) is 0.864. The number of imidazole rings is 1. The van der Waals surface area contributed by atoms with Gasteiger partial charge in [-0.15, -0.1) is 0 Å². The molecule has 0 saturated heterocycles. The molecular weight excluding hydrogens is 292 g/mol. The number of hydrogen-bond donors (Lipinski definition) is 0. The third-order valence-electron chi connectivity index (χ3n) is 7.73. The monoisotopic (exact) mass is 328 g/mol. The van der Waals surface area contributed by atoms with Crippen molar-refractivity contribution >= 4 is 0 Å². The molecule has 0 N–H and O–H groups in total. The van der Waals surface area contributed by atoms with Crippen LogP contribution in [-0.2, 0) is 5.54 Å². The second-order valence-electron chi connectivity index (χ2n) is 8.86. The predicted octanol–water partition coefficient (Wildman–Crippen LogP) is 6.32. The molecule has 0 bridgehead atoms. The Labute approximate surface area is 148 Å². The Balaban J connectivity index is 1.77. The minimum absolute atomic E-state index is 0.387. The minimum Gasteiger partial charge on any atom is -0.331 e. The van der Waals surface area contributed by atoms with Gasteiger partial charge in [-0.1, -0.05) is 57.8 Å². The highest BCUT2D eigenvalue weighted by Gasteiger charge is 2.51. The molecule has 2 nitrogen and oxygen atoms in total. The number of hydrogen-bond acceptors (Lipinski definition) is 1. The molecule has 1 aromatic heterocycles. The van der Waals surface area contributed by atoms with E-state index < -0.39 is 0 Å². The van der Waals surface area contributed by atoms with Crippen LogP contribution in [0.25, 0.3) is 0 Å². The summed E-state index contributed by atoms with van der Waals surface area (Å²) in [7, 11) is 0. The lowest BCUT2D eigenvalue weighted by molar-refractivity contribution is -0.0351. The van der Waals surface area contributed by atoms with E-state index in [1.165, 1.54) is 96.3 Å². The quantitative estimate of drug-likeness (QED) is 0.632. The van der Waals surface area contributed by atoms with Gasteiger partial charge in [-0.05, 0) is 56.3 Å². The number of rotatable bonds is 4. The zero-order valence-corrected chi connectivity index (χ0v) is 15.5. The number of aromatic nitrogens is 2. The molecule has 3 aliphatic carbocycles. The van der Waals surface area contributed by atoms with E-state index in [1.54, 1.807) is 0 Å². The van der Waals surface area contributed by atoms with Gasteiger partial charge >= 0.3 is 0 Å². The molecule has 0 aliphatic heterocycles. The van der Waals surface area contributed by atoms with Gasteiger partial charge in [-0.25, -0.2) is 4.98 Å². The van der Waals surface area contributed by atoms with Gasteiger partial charge in [0.25, 0.3) is 0 Å². The van der Waals surface area contributed by atoms with Crippen LogP contribution in [0.3, 0.4) is 0 Å². The van der Waals surface area contributed by atoms with E-state index in [4.69, 9.17) is 0 Å². The van der Waals surface area contributed by atoms with Gasteiger partial charge in [0, 0.05) is 12.4 Å². The summed E-state index contributed by atoms with van der Waals surface area (Å²) in [5.74, 6) is 2.69. The lowest BCUT2D eigenvalue weighted by atomic mass is 9.56. The minimum atomic E-state index is 0.387. The first-order valence-electron chi connectivity index (χ1n) is 10.9. The van der Waals surface area contributed by atoms with E-state index in [9.17, 15) is 0 Å². The molecule has 0 atom stereocenters. The molecule has 3 saturated carbocycles. The average molecular weight is 329 g/mol. The van der Waals surface area contributed by atoms with Crippen LogP contribution in [0.4, 0.5) is 0 Å². The highest BCUT2D eigenvalue weighted by molar-refractivity contribution is 5.06. The van der Waals surface area contributed by atoms with Crippen LogP contribution >= 0.6 is 0 Å². The molecule has 4 rings (SSSR count). The van der Waals surface area contributed by atoms with Crippen molar-refractivity contribution in [1.82, 2.24) is 9.55 Å². The Bertz CT molecular complexity index is 429. The van der Waals surface area contributed by atoms with Crippen LogP contribution in [0.2, 0.25) is 0 Å². The lowest BCUT2D eigenvalue weighted by Gasteiger charge is -2.55. The van der Waals surface area contributed by atoms with Crippen molar-refractivity contribution < 1.29 is 0 Å². The summed E-state index contributed by atoms with van der Waals surface area (Å²) in [6.45, 7) is 0. The Hall–Kier alpha value is -0.790. The van der Waals surface area contributed by atoms with Crippen molar-refractivity contribution in [1.29, 1.82) is 0 Å². The molecular formula is C22H36N2. The Morgan fingerprint density at radius 1 is 0.625 bits per heavy atom. The maximum absolute atomic E-state index is 4.54. The molecule has 0 unspecified atom stereocenters. The van der Waals surface area contributed by atoms with Crippen molar-refractivity contribution in [2.45, 2.75) is 102 Å². The smallest absolute Gasteiger partial charge is 0.0951 e. The Morgan fingerprint density at radius 2 is 1.04 bits per heavy atom. The summed E-state index contributed by atoms with van der Waals surface area (Å²) >= 11 is 0. The largest absolute Gasteiger partial charge is 0.331 e. The molecule has 3 fully saturated rings. The van der Waals surface area contributed by atoms with Gasteiger partial charge in [0.15, 0.2) is 0 Å². The molecule has 2 heteroatoms. The Morgan fingerprint density at radius 3 is 1.38 bits per heavy atom. The van der Waals surface area contributed by atoms with Crippen LogP contribution in [0.5, 0.6) is 0 Å². The van der Waals surface area contributed by atoms with Crippen LogP contribution in [0, 0.1) is 17.8 Å². The standard InChI is InChI=1S/C22H36N2/c1-4-10-19(11-5-1)22(24-17-16-23-18-24,20-12-6-2-7-13-20)21-14-8-3-9-15-21/h16-21H,1-15H2. The van der Waals surface area contributed by atoms with Crippen molar-refractivity contribution in [3.05, 3.63) is 18.7 Å². The fourth-order valence-electron chi connectivity index (χ4n) is 6.82. The summed E-state index contributed by atoms with van der Waals surface area (Å²) < 4.78 is 2.65. The van der Waals surface area contributed by atoms with Gasteiger partial charge in [-0.3, -0.25) is 0 Å². The van der Waals surface area contributed by atoms with Crippen LogP contribution in [0.1, 0.15) is 96.3 Å². The molecule has 134 valence electrons. The number of nitrogens with zero attached hydrogens (tertiary/aromatic N) is 2. The normalized spacial score (nSPS) is 25.8. The van der Waals surface area contributed by atoms with Crippen LogP contribution < -0.4 is 0 Å². The van der Waals surface area contributed by atoms with Gasteiger partial charge in [0.2, 0.25) is 0 Å². The van der Waals surface area contributed by atoms with E-state index in [1.807, 2.05) is 6.20 Å². The zero-order valence-electron chi connectivity index (χ0n) is 15.5. The summed E-state index contributed by atoms with van der Waals surface area (Å²) in [4.78, 5) is 4.54.